The van der Waals surface area contributed by atoms with Gasteiger partial charge in [0.1, 0.15) is 0 Å². The molecule has 2 rings (SSSR count). The number of amides is 1. The third-order valence-electron chi connectivity index (χ3n) is 2.28. The second kappa shape index (κ2) is 4.99. The molecule has 0 saturated carbocycles. The predicted octanol–water partition coefficient (Wildman–Crippen LogP) is 2.08. The highest BCUT2D eigenvalue weighted by molar-refractivity contribution is 5.91. The second-order valence-corrected chi connectivity index (χ2v) is 3.47. The van der Waals surface area contributed by atoms with Crippen molar-refractivity contribution in [3.05, 3.63) is 59.5 Å². The first-order valence-electron chi connectivity index (χ1n) is 5.10. The van der Waals surface area contributed by atoms with Crippen molar-refractivity contribution in [3.63, 3.8) is 0 Å². The molecule has 84 valence electrons. The van der Waals surface area contributed by atoms with Crippen molar-refractivity contribution in [2.75, 3.05) is 0 Å². The fourth-order valence-corrected chi connectivity index (χ4v) is 1.37. The van der Waals surface area contributed by atoms with Gasteiger partial charge in [-0.3, -0.25) is 4.79 Å². The summed E-state index contributed by atoms with van der Waals surface area (Å²) in [6, 6.07) is 12.4. The molecule has 0 unspecified atom stereocenters. The Hall–Kier alpha value is -2.54. The lowest BCUT2D eigenvalue weighted by atomic mass is 10.1. The molecule has 1 heterocycles. The zero-order chi connectivity index (χ0) is 12.1. The summed E-state index contributed by atoms with van der Waals surface area (Å²) >= 11 is 0. The van der Waals surface area contributed by atoms with Crippen molar-refractivity contribution in [1.29, 1.82) is 5.26 Å². The normalized spacial score (nSPS) is 9.59. The summed E-state index contributed by atoms with van der Waals surface area (Å²) in [4.78, 5) is 11.5. The molecule has 0 fully saturated rings. The third-order valence-corrected chi connectivity index (χ3v) is 2.28. The average Bonchev–Trinajstić information content (AvgIpc) is 2.90. The van der Waals surface area contributed by atoms with E-state index in [1.807, 2.05) is 6.07 Å². The molecule has 0 aliphatic heterocycles. The number of hydrogen-bond donors (Lipinski definition) is 1. The number of hydrogen-bond acceptors (Lipinski definition) is 3. The maximum atomic E-state index is 11.5. The third kappa shape index (κ3) is 2.73. The molecule has 4 nitrogen and oxygen atoms in total. The largest absolute Gasteiger partial charge is 0.459 e. The molecule has 1 aromatic carbocycles. The van der Waals surface area contributed by atoms with Gasteiger partial charge in [0.05, 0.1) is 17.9 Å². The number of carbonyl (C=O) groups excluding carboxylic acids is 1. The van der Waals surface area contributed by atoms with Crippen LogP contribution in [0.3, 0.4) is 0 Å². The van der Waals surface area contributed by atoms with Crippen LogP contribution in [0.4, 0.5) is 0 Å². The average molecular weight is 226 g/mol. The minimum atomic E-state index is -0.251. The Bertz CT molecular complexity index is 536. The lowest BCUT2D eigenvalue weighted by molar-refractivity contribution is 0.0923. The minimum Gasteiger partial charge on any atom is -0.459 e. The van der Waals surface area contributed by atoms with Crippen molar-refractivity contribution in [3.8, 4) is 6.07 Å². The van der Waals surface area contributed by atoms with E-state index in [-0.39, 0.29) is 5.91 Å². The number of rotatable bonds is 3. The van der Waals surface area contributed by atoms with Crippen LogP contribution in [0.2, 0.25) is 0 Å². The van der Waals surface area contributed by atoms with Crippen LogP contribution in [0.25, 0.3) is 0 Å². The Kier molecular flexibility index (Phi) is 3.22. The van der Waals surface area contributed by atoms with Gasteiger partial charge in [-0.2, -0.15) is 5.26 Å². The fraction of sp³-hybridized carbons (Fsp3) is 0.0769. The second-order valence-electron chi connectivity index (χ2n) is 3.47. The van der Waals surface area contributed by atoms with E-state index < -0.39 is 0 Å². The van der Waals surface area contributed by atoms with Crippen LogP contribution in [-0.4, -0.2) is 5.91 Å². The van der Waals surface area contributed by atoms with E-state index in [0.717, 1.165) is 5.56 Å². The molecule has 0 atom stereocenters. The summed E-state index contributed by atoms with van der Waals surface area (Å²) in [6.45, 7) is 0.408. The zero-order valence-corrected chi connectivity index (χ0v) is 9.01. The van der Waals surface area contributed by atoms with Crippen molar-refractivity contribution in [2.45, 2.75) is 6.54 Å². The van der Waals surface area contributed by atoms with E-state index in [1.54, 1.807) is 36.4 Å². The molecule has 2 aromatic rings. The zero-order valence-electron chi connectivity index (χ0n) is 9.01. The molecule has 0 spiro atoms. The number of nitriles is 1. The molecule has 17 heavy (non-hydrogen) atoms. The molecule has 0 aliphatic carbocycles. The summed E-state index contributed by atoms with van der Waals surface area (Å²) < 4.78 is 4.97. The van der Waals surface area contributed by atoms with Gasteiger partial charge < -0.3 is 9.73 Å². The first kappa shape index (κ1) is 11.0. The minimum absolute atomic E-state index is 0.251. The van der Waals surface area contributed by atoms with Crippen LogP contribution in [0, 0.1) is 11.3 Å². The van der Waals surface area contributed by atoms with E-state index in [1.165, 1.54) is 6.26 Å². The van der Waals surface area contributed by atoms with Crippen LogP contribution >= 0.6 is 0 Å². The Morgan fingerprint density at radius 1 is 1.29 bits per heavy atom. The summed E-state index contributed by atoms with van der Waals surface area (Å²) in [5.74, 6) is 0.0398. The Morgan fingerprint density at radius 2 is 2.06 bits per heavy atom. The first-order chi connectivity index (χ1) is 8.29. The molecule has 0 aliphatic rings. The highest BCUT2D eigenvalue weighted by Crippen LogP contribution is 2.04. The highest BCUT2D eigenvalue weighted by atomic mass is 16.3. The van der Waals surface area contributed by atoms with Crippen LogP contribution in [-0.2, 0) is 6.54 Å². The predicted molar refractivity (Wildman–Crippen MR) is 61.0 cm³/mol. The molecule has 1 amide bonds. The molecule has 4 heteroatoms. The van der Waals surface area contributed by atoms with Gasteiger partial charge in [-0.05, 0) is 29.8 Å². The van der Waals surface area contributed by atoms with E-state index in [0.29, 0.717) is 17.9 Å². The van der Waals surface area contributed by atoms with Crippen LogP contribution in [0.5, 0.6) is 0 Å². The van der Waals surface area contributed by atoms with E-state index in [4.69, 9.17) is 9.68 Å². The molecule has 1 N–H and O–H groups in total. The molecule has 1 aromatic heterocycles. The monoisotopic (exact) mass is 226 g/mol. The van der Waals surface area contributed by atoms with Gasteiger partial charge in [0, 0.05) is 6.54 Å². The molecular formula is C13H10N2O2. The van der Waals surface area contributed by atoms with Crippen LogP contribution in [0.1, 0.15) is 21.7 Å². The quantitative estimate of drug-likeness (QED) is 0.871. The van der Waals surface area contributed by atoms with Gasteiger partial charge >= 0.3 is 0 Å². The van der Waals surface area contributed by atoms with Crippen LogP contribution < -0.4 is 5.32 Å². The SMILES string of the molecule is N#Cc1ccc(CNC(=O)c2ccco2)cc1. The molecular weight excluding hydrogens is 216 g/mol. The van der Waals surface area contributed by atoms with Gasteiger partial charge in [0.25, 0.3) is 5.91 Å². The molecule has 0 bridgehead atoms. The van der Waals surface area contributed by atoms with Crippen LogP contribution in [0.15, 0.2) is 47.1 Å². The lowest BCUT2D eigenvalue weighted by Gasteiger charge is -2.03. The van der Waals surface area contributed by atoms with Gasteiger partial charge in [0.2, 0.25) is 0 Å². The summed E-state index contributed by atoms with van der Waals surface area (Å²) in [7, 11) is 0. The Balaban J connectivity index is 1.94. The molecule has 0 radical (unpaired) electrons. The standard InChI is InChI=1S/C13H10N2O2/c14-8-10-3-5-11(6-4-10)9-15-13(16)12-2-1-7-17-12/h1-7H,9H2,(H,15,16). The molecule has 0 saturated heterocycles. The summed E-state index contributed by atoms with van der Waals surface area (Å²) in [5.41, 5.74) is 1.54. The van der Waals surface area contributed by atoms with Gasteiger partial charge in [0.15, 0.2) is 5.76 Å². The number of furan rings is 1. The van der Waals surface area contributed by atoms with Crippen molar-refractivity contribution >= 4 is 5.91 Å². The maximum Gasteiger partial charge on any atom is 0.287 e. The van der Waals surface area contributed by atoms with Gasteiger partial charge in [-0.15, -0.1) is 0 Å². The number of carbonyl (C=O) groups is 1. The Morgan fingerprint density at radius 3 is 2.65 bits per heavy atom. The fourth-order valence-electron chi connectivity index (χ4n) is 1.37. The number of benzene rings is 1. The van der Waals surface area contributed by atoms with Crippen molar-refractivity contribution < 1.29 is 9.21 Å². The lowest BCUT2D eigenvalue weighted by Crippen LogP contribution is -2.22. The van der Waals surface area contributed by atoms with E-state index in [2.05, 4.69) is 5.32 Å². The van der Waals surface area contributed by atoms with Gasteiger partial charge in [-0.1, -0.05) is 12.1 Å². The first-order valence-corrected chi connectivity index (χ1v) is 5.10. The van der Waals surface area contributed by atoms with Gasteiger partial charge in [-0.25, -0.2) is 0 Å². The number of nitrogens with one attached hydrogen (secondary N) is 1. The highest BCUT2D eigenvalue weighted by Gasteiger charge is 2.07. The van der Waals surface area contributed by atoms with Crippen molar-refractivity contribution in [1.82, 2.24) is 5.32 Å². The summed E-state index contributed by atoms with van der Waals surface area (Å²) in [6.07, 6.45) is 1.45. The smallest absolute Gasteiger partial charge is 0.287 e. The topological polar surface area (TPSA) is 66.0 Å². The van der Waals surface area contributed by atoms with E-state index in [9.17, 15) is 4.79 Å². The summed E-state index contributed by atoms with van der Waals surface area (Å²) in [5, 5.41) is 11.4. The Labute approximate surface area is 98.5 Å². The number of nitrogens with zero attached hydrogens (tertiary/aromatic N) is 1. The van der Waals surface area contributed by atoms with E-state index >= 15 is 0 Å². The van der Waals surface area contributed by atoms with Crippen molar-refractivity contribution in [2.24, 2.45) is 0 Å². The maximum absolute atomic E-state index is 11.5.